The summed E-state index contributed by atoms with van der Waals surface area (Å²) in [6.07, 6.45) is 4.36. The highest BCUT2D eigenvalue weighted by Gasteiger charge is 2.08. The van der Waals surface area contributed by atoms with Crippen LogP contribution >= 0.6 is 0 Å². The summed E-state index contributed by atoms with van der Waals surface area (Å²) in [7, 11) is 0. The van der Waals surface area contributed by atoms with Crippen molar-refractivity contribution < 1.29 is 9.21 Å². The molecule has 0 aliphatic heterocycles. The van der Waals surface area contributed by atoms with Crippen LogP contribution in [0.3, 0.4) is 0 Å². The number of aryl methyl sites for hydroxylation is 1. The van der Waals surface area contributed by atoms with Crippen LogP contribution in [0.4, 0.5) is 5.88 Å². The Hall–Kier alpha value is -2.17. The van der Waals surface area contributed by atoms with E-state index in [0.717, 1.165) is 5.76 Å². The Labute approximate surface area is 86.2 Å². The molecule has 0 radical (unpaired) electrons. The minimum absolute atomic E-state index is 0.256. The zero-order valence-corrected chi connectivity index (χ0v) is 8.10. The van der Waals surface area contributed by atoms with Crippen LogP contribution in [0.1, 0.15) is 16.2 Å². The lowest BCUT2D eigenvalue weighted by molar-refractivity contribution is 0.101. The van der Waals surface area contributed by atoms with E-state index in [0.29, 0.717) is 5.88 Å². The second-order valence-electron chi connectivity index (χ2n) is 2.96. The smallest absolute Gasteiger partial charge is 0.278 e. The van der Waals surface area contributed by atoms with Crippen molar-refractivity contribution >= 4 is 11.8 Å². The summed E-state index contributed by atoms with van der Waals surface area (Å²) < 4.78 is 5.20. The van der Waals surface area contributed by atoms with E-state index in [1.54, 1.807) is 19.1 Å². The summed E-state index contributed by atoms with van der Waals surface area (Å²) in [6.45, 7) is 1.80. The van der Waals surface area contributed by atoms with Crippen LogP contribution in [-0.2, 0) is 0 Å². The summed E-state index contributed by atoms with van der Waals surface area (Å²) in [5.41, 5.74) is 0.256. The molecule has 0 aromatic carbocycles. The molecule has 5 nitrogen and oxygen atoms in total. The van der Waals surface area contributed by atoms with Gasteiger partial charge in [0.05, 0.1) is 6.20 Å². The SMILES string of the molecule is Cc1ccc(NC(=O)c2cnccn2)o1. The highest BCUT2D eigenvalue weighted by Crippen LogP contribution is 2.12. The molecular weight excluding hydrogens is 194 g/mol. The third-order valence-corrected chi connectivity index (χ3v) is 1.77. The Balaban J connectivity index is 2.11. The van der Waals surface area contributed by atoms with E-state index in [-0.39, 0.29) is 11.6 Å². The lowest BCUT2D eigenvalue weighted by atomic mass is 10.4. The molecule has 0 bridgehead atoms. The fourth-order valence-corrected chi connectivity index (χ4v) is 1.09. The first-order chi connectivity index (χ1) is 7.25. The normalized spacial score (nSPS) is 9.93. The summed E-state index contributed by atoms with van der Waals surface area (Å²) >= 11 is 0. The van der Waals surface area contributed by atoms with Gasteiger partial charge in [0.15, 0.2) is 5.88 Å². The summed E-state index contributed by atoms with van der Waals surface area (Å²) in [6, 6.07) is 3.45. The number of aromatic nitrogens is 2. The third-order valence-electron chi connectivity index (χ3n) is 1.77. The van der Waals surface area contributed by atoms with Gasteiger partial charge in [-0.05, 0) is 13.0 Å². The van der Waals surface area contributed by atoms with E-state index in [2.05, 4.69) is 15.3 Å². The van der Waals surface area contributed by atoms with Crippen molar-refractivity contribution in [1.29, 1.82) is 0 Å². The van der Waals surface area contributed by atoms with Crippen LogP contribution in [0.25, 0.3) is 0 Å². The number of nitrogens with zero attached hydrogens (tertiary/aromatic N) is 2. The van der Waals surface area contributed by atoms with Gasteiger partial charge < -0.3 is 4.42 Å². The van der Waals surface area contributed by atoms with Crippen LogP contribution in [0.15, 0.2) is 35.1 Å². The van der Waals surface area contributed by atoms with E-state index < -0.39 is 0 Å². The van der Waals surface area contributed by atoms with Crippen LogP contribution < -0.4 is 5.32 Å². The Bertz CT molecular complexity index is 465. The number of nitrogens with one attached hydrogen (secondary N) is 1. The molecule has 0 unspecified atom stereocenters. The summed E-state index contributed by atoms with van der Waals surface area (Å²) in [4.78, 5) is 19.2. The van der Waals surface area contributed by atoms with Crippen molar-refractivity contribution in [1.82, 2.24) is 9.97 Å². The van der Waals surface area contributed by atoms with Crippen LogP contribution in [0.5, 0.6) is 0 Å². The van der Waals surface area contributed by atoms with E-state index in [9.17, 15) is 4.79 Å². The largest absolute Gasteiger partial charge is 0.446 e. The van der Waals surface area contributed by atoms with Crippen LogP contribution in [0, 0.1) is 6.92 Å². The number of hydrogen-bond acceptors (Lipinski definition) is 4. The molecule has 2 aromatic rings. The number of amides is 1. The highest BCUT2D eigenvalue weighted by atomic mass is 16.4. The lowest BCUT2D eigenvalue weighted by Gasteiger charge is -1.99. The van der Waals surface area contributed by atoms with Crippen molar-refractivity contribution in [3.05, 3.63) is 42.2 Å². The molecule has 15 heavy (non-hydrogen) atoms. The van der Waals surface area contributed by atoms with E-state index >= 15 is 0 Å². The Morgan fingerprint density at radius 1 is 1.40 bits per heavy atom. The van der Waals surface area contributed by atoms with Gasteiger partial charge in [-0.25, -0.2) is 4.98 Å². The molecular formula is C10H9N3O2. The van der Waals surface area contributed by atoms with Gasteiger partial charge in [0.2, 0.25) is 0 Å². The molecule has 5 heteroatoms. The third kappa shape index (κ3) is 2.19. The number of carbonyl (C=O) groups excluding carboxylic acids is 1. The van der Waals surface area contributed by atoms with Crippen LogP contribution in [-0.4, -0.2) is 15.9 Å². The van der Waals surface area contributed by atoms with Gasteiger partial charge in [0.1, 0.15) is 11.5 Å². The van der Waals surface area contributed by atoms with E-state index in [1.807, 2.05) is 0 Å². The first kappa shape index (κ1) is 9.39. The average Bonchev–Trinajstić information content (AvgIpc) is 2.65. The molecule has 76 valence electrons. The number of carbonyl (C=O) groups is 1. The maximum absolute atomic E-state index is 11.5. The number of rotatable bonds is 2. The minimum atomic E-state index is -0.336. The van der Waals surface area contributed by atoms with Gasteiger partial charge in [0, 0.05) is 18.5 Å². The lowest BCUT2D eigenvalue weighted by Crippen LogP contribution is -2.13. The molecule has 0 fully saturated rings. The quantitative estimate of drug-likeness (QED) is 0.805. The second-order valence-corrected chi connectivity index (χ2v) is 2.96. The number of hydrogen-bond donors (Lipinski definition) is 1. The van der Waals surface area contributed by atoms with Gasteiger partial charge in [-0.2, -0.15) is 0 Å². The van der Waals surface area contributed by atoms with Crippen molar-refractivity contribution in [2.24, 2.45) is 0 Å². The predicted octanol–water partition coefficient (Wildman–Crippen LogP) is 1.63. The van der Waals surface area contributed by atoms with Gasteiger partial charge in [-0.15, -0.1) is 0 Å². The summed E-state index contributed by atoms with van der Waals surface area (Å²) in [5, 5.41) is 2.57. The molecule has 2 aromatic heterocycles. The molecule has 0 aliphatic rings. The van der Waals surface area contributed by atoms with Crippen molar-refractivity contribution in [2.45, 2.75) is 6.92 Å². The maximum Gasteiger partial charge on any atom is 0.278 e. The van der Waals surface area contributed by atoms with Gasteiger partial charge in [0.25, 0.3) is 5.91 Å². The Morgan fingerprint density at radius 3 is 2.87 bits per heavy atom. The Kier molecular flexibility index (Phi) is 2.45. The second kappa shape index (κ2) is 3.91. The van der Waals surface area contributed by atoms with Crippen LogP contribution in [0.2, 0.25) is 0 Å². The molecule has 0 aliphatic carbocycles. The first-order valence-electron chi connectivity index (χ1n) is 4.39. The first-order valence-corrected chi connectivity index (χ1v) is 4.39. The van der Waals surface area contributed by atoms with E-state index in [1.165, 1.54) is 18.6 Å². The van der Waals surface area contributed by atoms with E-state index in [4.69, 9.17) is 4.42 Å². The van der Waals surface area contributed by atoms with Crippen molar-refractivity contribution in [2.75, 3.05) is 5.32 Å². The molecule has 2 heterocycles. The predicted molar refractivity (Wildman–Crippen MR) is 53.4 cm³/mol. The standard InChI is InChI=1S/C10H9N3O2/c1-7-2-3-9(15-7)13-10(14)8-6-11-4-5-12-8/h2-6H,1H3,(H,13,14). The van der Waals surface area contributed by atoms with Crippen molar-refractivity contribution in [3.8, 4) is 0 Å². The zero-order valence-electron chi connectivity index (χ0n) is 8.10. The fraction of sp³-hybridized carbons (Fsp3) is 0.100. The highest BCUT2D eigenvalue weighted by molar-refractivity contribution is 6.01. The van der Waals surface area contributed by atoms with Gasteiger partial charge >= 0.3 is 0 Å². The molecule has 0 saturated heterocycles. The fourth-order valence-electron chi connectivity index (χ4n) is 1.09. The molecule has 0 spiro atoms. The molecule has 1 amide bonds. The monoisotopic (exact) mass is 203 g/mol. The Morgan fingerprint density at radius 2 is 2.27 bits per heavy atom. The maximum atomic E-state index is 11.5. The topological polar surface area (TPSA) is 68.0 Å². The molecule has 1 N–H and O–H groups in total. The van der Waals surface area contributed by atoms with Gasteiger partial charge in [-0.1, -0.05) is 0 Å². The van der Waals surface area contributed by atoms with Crippen molar-refractivity contribution in [3.63, 3.8) is 0 Å². The minimum Gasteiger partial charge on any atom is -0.446 e. The number of furan rings is 1. The summed E-state index contributed by atoms with van der Waals surface area (Å²) in [5.74, 6) is 0.810. The molecule has 0 atom stereocenters. The zero-order chi connectivity index (χ0) is 10.7. The number of anilines is 1. The van der Waals surface area contributed by atoms with Gasteiger partial charge in [-0.3, -0.25) is 15.1 Å². The molecule has 0 saturated carbocycles. The average molecular weight is 203 g/mol. The molecule has 2 rings (SSSR count).